The molecule has 0 radical (unpaired) electrons. The predicted molar refractivity (Wildman–Crippen MR) is 134 cm³/mol. The number of carbonyl (C=O) groups excluding carboxylic acids is 1. The highest BCUT2D eigenvalue weighted by atomic mass is 16.5. The first kappa shape index (κ1) is 22.7. The minimum absolute atomic E-state index is 0.0636. The molecule has 2 aliphatic rings. The summed E-state index contributed by atoms with van der Waals surface area (Å²) in [4.78, 5) is 19.3. The molecule has 1 atom stereocenters. The molecule has 2 fully saturated rings. The number of nitrogens with zero attached hydrogens (tertiary/aromatic N) is 2. The number of carbonyl (C=O) groups is 1. The van der Waals surface area contributed by atoms with E-state index in [2.05, 4.69) is 35.1 Å². The highest BCUT2D eigenvalue weighted by Crippen LogP contribution is 2.57. The molecule has 1 aliphatic heterocycles. The molecule has 178 valence electrons. The first-order valence-electron chi connectivity index (χ1n) is 12.1. The quantitative estimate of drug-likeness (QED) is 0.533. The number of likely N-dealkylation sites (N-methyl/N-ethyl adjacent to an activating group) is 1. The van der Waals surface area contributed by atoms with Gasteiger partial charge in [0.25, 0.3) is 0 Å². The lowest BCUT2D eigenvalue weighted by Gasteiger charge is -2.37. The molecule has 0 bridgehead atoms. The fourth-order valence-corrected chi connectivity index (χ4v) is 5.20. The van der Waals surface area contributed by atoms with Crippen LogP contribution in [0.5, 0.6) is 11.5 Å². The minimum atomic E-state index is -0.427. The average molecular weight is 460 g/mol. The fraction of sp³-hybridized carbons (Fsp3) is 0.429. The van der Waals surface area contributed by atoms with E-state index in [4.69, 9.17) is 15.2 Å². The summed E-state index contributed by atoms with van der Waals surface area (Å²) in [6.07, 6.45) is 4.97. The Bertz CT molecular complexity index is 1250. The third-order valence-electron chi connectivity index (χ3n) is 7.37. The van der Waals surface area contributed by atoms with Gasteiger partial charge in [0.2, 0.25) is 5.91 Å². The summed E-state index contributed by atoms with van der Waals surface area (Å²) in [7, 11) is 2.11. The van der Waals surface area contributed by atoms with E-state index in [1.54, 1.807) is 6.07 Å². The average Bonchev–Trinajstić information content (AvgIpc) is 3.59. The highest BCUT2D eigenvalue weighted by molar-refractivity contribution is 5.95. The van der Waals surface area contributed by atoms with Crippen LogP contribution >= 0.6 is 0 Å². The number of primary amides is 1. The van der Waals surface area contributed by atoms with Gasteiger partial charge >= 0.3 is 0 Å². The number of ether oxygens (including phenoxy) is 2. The maximum Gasteiger partial charge on any atom is 0.249 e. The number of rotatable bonds is 8. The van der Waals surface area contributed by atoms with Crippen LogP contribution in [0, 0.1) is 6.92 Å². The van der Waals surface area contributed by atoms with Gasteiger partial charge in [-0.25, -0.2) is 0 Å². The van der Waals surface area contributed by atoms with E-state index in [1.807, 2.05) is 39.1 Å². The van der Waals surface area contributed by atoms with Gasteiger partial charge in [-0.1, -0.05) is 6.07 Å². The van der Waals surface area contributed by atoms with Crippen molar-refractivity contribution < 1.29 is 14.3 Å². The topological polar surface area (TPSA) is 77.7 Å². The van der Waals surface area contributed by atoms with Crippen molar-refractivity contribution in [1.82, 2.24) is 9.88 Å². The molecule has 34 heavy (non-hydrogen) atoms. The fourth-order valence-electron chi connectivity index (χ4n) is 5.20. The Morgan fingerprint density at radius 2 is 1.97 bits per heavy atom. The largest absolute Gasteiger partial charge is 0.492 e. The molecule has 2 heterocycles. The van der Waals surface area contributed by atoms with Gasteiger partial charge in [-0.15, -0.1) is 0 Å². The maximum absolute atomic E-state index is 12.4. The Morgan fingerprint density at radius 3 is 2.59 bits per heavy atom. The molecule has 6 heteroatoms. The van der Waals surface area contributed by atoms with Crippen molar-refractivity contribution in [2.24, 2.45) is 5.73 Å². The highest BCUT2D eigenvalue weighted by Gasteiger charge is 2.48. The molecule has 1 saturated carbocycles. The summed E-state index contributed by atoms with van der Waals surface area (Å²) in [5.41, 5.74) is 10.2. The van der Waals surface area contributed by atoms with Crippen LogP contribution in [0.4, 0.5) is 0 Å². The van der Waals surface area contributed by atoms with Gasteiger partial charge in [-0.2, -0.15) is 0 Å². The van der Waals surface area contributed by atoms with Gasteiger partial charge in [0, 0.05) is 34.7 Å². The number of fused-ring (bicyclic) bond motifs is 1. The zero-order valence-electron chi connectivity index (χ0n) is 20.4. The van der Waals surface area contributed by atoms with Gasteiger partial charge in [0.1, 0.15) is 18.1 Å². The SMILES string of the molecule is Cc1c(C(N)=O)cc(OCC2CCN2C)cc1C1(c2cc(OC(C)C)cc3ncccc23)CC1. The van der Waals surface area contributed by atoms with E-state index < -0.39 is 5.91 Å². The normalized spacial score (nSPS) is 19.1. The molecule has 2 aromatic carbocycles. The van der Waals surface area contributed by atoms with Gasteiger partial charge in [0.15, 0.2) is 0 Å². The number of aromatic nitrogens is 1. The molecular weight excluding hydrogens is 426 g/mol. The van der Waals surface area contributed by atoms with Crippen LogP contribution in [0.15, 0.2) is 42.6 Å². The van der Waals surface area contributed by atoms with Crippen molar-refractivity contribution in [1.29, 1.82) is 0 Å². The number of amides is 1. The summed E-state index contributed by atoms with van der Waals surface area (Å²) in [6, 6.07) is 12.6. The van der Waals surface area contributed by atoms with E-state index in [9.17, 15) is 4.79 Å². The lowest BCUT2D eigenvalue weighted by molar-refractivity contribution is 0.0767. The molecule has 1 saturated heterocycles. The number of nitrogens with two attached hydrogens (primary N) is 1. The third-order valence-corrected chi connectivity index (χ3v) is 7.37. The number of hydrogen-bond acceptors (Lipinski definition) is 5. The second-order valence-corrected chi connectivity index (χ2v) is 10.0. The Hall–Kier alpha value is -3.12. The number of benzene rings is 2. The Labute approximate surface area is 201 Å². The molecule has 1 amide bonds. The molecule has 2 N–H and O–H groups in total. The van der Waals surface area contributed by atoms with Gasteiger partial charge in [0.05, 0.1) is 11.6 Å². The second kappa shape index (κ2) is 8.58. The standard InChI is InChI=1S/C28H33N3O3/c1-17(2)34-21-14-25(22-6-5-10-30-26(22)15-21)28(8-9-28)24-13-20(12-23(18(24)3)27(29)32)33-16-19-7-11-31(19)4/h5-6,10,12-15,17,19H,7-9,11,16H2,1-4H3,(H2,29,32). The van der Waals surface area contributed by atoms with Crippen LogP contribution in [0.25, 0.3) is 10.9 Å². The summed E-state index contributed by atoms with van der Waals surface area (Å²) < 4.78 is 12.3. The second-order valence-electron chi connectivity index (χ2n) is 10.0. The van der Waals surface area contributed by atoms with Gasteiger partial charge < -0.3 is 15.2 Å². The monoisotopic (exact) mass is 459 g/mol. The lowest BCUT2D eigenvalue weighted by Crippen LogP contribution is -2.48. The van der Waals surface area contributed by atoms with E-state index in [-0.39, 0.29) is 11.5 Å². The number of pyridine rings is 1. The zero-order chi connectivity index (χ0) is 24.0. The smallest absolute Gasteiger partial charge is 0.249 e. The molecule has 5 rings (SSSR count). The van der Waals surface area contributed by atoms with Crippen molar-refractivity contribution >= 4 is 16.8 Å². The number of hydrogen-bond donors (Lipinski definition) is 1. The summed E-state index contributed by atoms with van der Waals surface area (Å²) >= 11 is 0. The van der Waals surface area contributed by atoms with E-state index in [1.165, 1.54) is 5.56 Å². The first-order valence-corrected chi connectivity index (χ1v) is 12.1. The summed E-state index contributed by atoms with van der Waals surface area (Å²) in [5.74, 6) is 1.10. The van der Waals surface area contributed by atoms with Crippen LogP contribution in [-0.4, -0.2) is 48.1 Å². The minimum Gasteiger partial charge on any atom is -0.492 e. The van der Waals surface area contributed by atoms with E-state index in [0.717, 1.165) is 53.6 Å². The lowest BCUT2D eigenvalue weighted by atomic mass is 9.81. The molecule has 3 aromatic rings. The van der Waals surface area contributed by atoms with Crippen LogP contribution in [0.1, 0.15) is 60.2 Å². The summed E-state index contributed by atoms with van der Waals surface area (Å²) in [6.45, 7) is 7.75. The van der Waals surface area contributed by atoms with Crippen molar-refractivity contribution in [3.8, 4) is 11.5 Å². The maximum atomic E-state index is 12.4. The molecule has 6 nitrogen and oxygen atoms in total. The van der Waals surface area contributed by atoms with Crippen LogP contribution in [0.3, 0.4) is 0 Å². The molecule has 1 aliphatic carbocycles. The van der Waals surface area contributed by atoms with E-state index >= 15 is 0 Å². The Balaban J connectivity index is 1.62. The van der Waals surface area contributed by atoms with Crippen molar-refractivity contribution in [3.05, 3.63) is 64.8 Å². The van der Waals surface area contributed by atoms with Crippen LogP contribution in [-0.2, 0) is 5.41 Å². The Kier molecular flexibility index (Phi) is 5.72. The van der Waals surface area contributed by atoms with Crippen LogP contribution < -0.4 is 15.2 Å². The first-order chi connectivity index (χ1) is 16.3. The Morgan fingerprint density at radius 1 is 1.21 bits per heavy atom. The summed E-state index contributed by atoms with van der Waals surface area (Å²) in [5, 5.41) is 1.11. The third kappa shape index (κ3) is 4.00. The van der Waals surface area contributed by atoms with Gasteiger partial charge in [-0.3, -0.25) is 14.7 Å². The van der Waals surface area contributed by atoms with Crippen molar-refractivity contribution in [2.75, 3.05) is 20.2 Å². The van der Waals surface area contributed by atoms with Gasteiger partial charge in [-0.05, 0) is 94.6 Å². The van der Waals surface area contributed by atoms with E-state index in [0.29, 0.717) is 24.0 Å². The molecule has 1 aromatic heterocycles. The number of likely N-dealkylation sites (tertiary alicyclic amines) is 1. The van der Waals surface area contributed by atoms with Crippen molar-refractivity contribution in [2.45, 2.75) is 57.6 Å². The molecule has 0 spiro atoms. The van der Waals surface area contributed by atoms with Crippen molar-refractivity contribution in [3.63, 3.8) is 0 Å². The molecule has 1 unspecified atom stereocenters. The zero-order valence-corrected chi connectivity index (χ0v) is 20.4. The molecular formula is C28H33N3O3. The predicted octanol–water partition coefficient (Wildman–Crippen LogP) is 4.59. The van der Waals surface area contributed by atoms with Crippen LogP contribution in [0.2, 0.25) is 0 Å².